The molecule has 0 bridgehead atoms. The summed E-state index contributed by atoms with van der Waals surface area (Å²) in [6, 6.07) is 41.2. The van der Waals surface area contributed by atoms with Gasteiger partial charge in [0.05, 0.1) is 11.4 Å². The van der Waals surface area contributed by atoms with Crippen molar-refractivity contribution in [2.75, 3.05) is 0 Å². The molecule has 0 aliphatic rings. The van der Waals surface area contributed by atoms with Gasteiger partial charge in [0.15, 0.2) is 4.96 Å². The molecule has 0 saturated carbocycles. The Morgan fingerprint density at radius 1 is 0.730 bits per heavy atom. The van der Waals surface area contributed by atoms with Crippen molar-refractivity contribution in [2.45, 2.75) is 6.16 Å². The minimum absolute atomic E-state index is 0.0708. The zero-order valence-corrected chi connectivity index (χ0v) is 22.3. The van der Waals surface area contributed by atoms with Gasteiger partial charge in [-0.1, -0.05) is 78.3 Å². The van der Waals surface area contributed by atoms with Crippen LogP contribution in [-0.4, -0.2) is 9.38 Å². The molecule has 0 radical (unpaired) electrons. The highest BCUT2D eigenvalue weighted by atomic mass is 35.5. The summed E-state index contributed by atoms with van der Waals surface area (Å²) in [4.78, 5) is 19.3. The van der Waals surface area contributed by atoms with Crippen molar-refractivity contribution in [2.24, 2.45) is 0 Å². The Hall–Kier alpha value is -3.56. The first kappa shape index (κ1) is 23.8. The predicted octanol–water partition coefficient (Wildman–Crippen LogP) is 6.57. The molecule has 37 heavy (non-hydrogen) atoms. The molecule has 0 amide bonds. The maximum atomic E-state index is 13.5. The highest BCUT2D eigenvalue weighted by Crippen LogP contribution is 2.57. The van der Waals surface area contributed by atoms with Crippen molar-refractivity contribution < 1.29 is 0 Å². The van der Waals surface area contributed by atoms with Crippen LogP contribution >= 0.6 is 30.2 Å². The second kappa shape index (κ2) is 10.1. The lowest BCUT2D eigenvalue weighted by atomic mass is 10.2. The Morgan fingerprint density at radius 3 is 1.76 bits per heavy atom. The largest absolute Gasteiger partial charge is 0.269 e. The second-order valence-corrected chi connectivity index (χ2v) is 13.6. The molecule has 180 valence electrons. The first-order chi connectivity index (χ1) is 18.1. The topological polar surface area (TPSA) is 34.4 Å². The van der Waals surface area contributed by atoms with Crippen molar-refractivity contribution >= 4 is 51.1 Å². The Morgan fingerprint density at radius 2 is 1.24 bits per heavy atom. The van der Waals surface area contributed by atoms with E-state index >= 15 is 0 Å². The molecule has 0 aliphatic carbocycles. The SMILES string of the molecule is O=c1cc(C[P+](c2ccccc2)(c2ccccc2)c2ccccc2)nc2scc(-c3ccc(Cl)cc3)n12. The molecule has 2 aromatic heterocycles. The Labute approximate surface area is 225 Å². The van der Waals surface area contributed by atoms with E-state index in [1.54, 1.807) is 10.5 Å². The minimum Gasteiger partial charge on any atom is -0.269 e. The number of aromatic nitrogens is 2. The van der Waals surface area contributed by atoms with Crippen molar-refractivity contribution in [3.05, 3.63) is 148 Å². The number of fused-ring (bicyclic) bond motifs is 1. The van der Waals surface area contributed by atoms with Crippen molar-refractivity contribution in [3.63, 3.8) is 0 Å². The van der Waals surface area contributed by atoms with Crippen LogP contribution in [0, 0.1) is 0 Å². The summed E-state index contributed by atoms with van der Waals surface area (Å²) in [6.07, 6.45) is 0.658. The fourth-order valence-corrected chi connectivity index (χ4v) is 10.1. The summed E-state index contributed by atoms with van der Waals surface area (Å²) in [5, 5.41) is 6.46. The maximum Gasteiger partial charge on any atom is 0.259 e. The molecule has 4 aromatic carbocycles. The van der Waals surface area contributed by atoms with Gasteiger partial charge in [-0.25, -0.2) is 4.98 Å². The molecule has 3 nitrogen and oxygen atoms in total. The zero-order chi connectivity index (χ0) is 25.2. The van der Waals surface area contributed by atoms with Gasteiger partial charge < -0.3 is 0 Å². The molecule has 0 atom stereocenters. The Kier molecular flexibility index (Phi) is 6.48. The van der Waals surface area contributed by atoms with E-state index in [9.17, 15) is 4.79 Å². The van der Waals surface area contributed by atoms with Crippen LogP contribution in [0.2, 0.25) is 5.02 Å². The van der Waals surface area contributed by atoms with E-state index in [0.29, 0.717) is 16.1 Å². The smallest absolute Gasteiger partial charge is 0.259 e. The number of rotatable bonds is 6. The third-order valence-corrected chi connectivity index (χ3v) is 12.0. The lowest BCUT2D eigenvalue weighted by molar-refractivity contribution is 1.04. The minimum atomic E-state index is -2.15. The van der Waals surface area contributed by atoms with Crippen molar-refractivity contribution in [1.29, 1.82) is 0 Å². The summed E-state index contributed by atoms with van der Waals surface area (Å²) in [5.74, 6) is 0. The average molecular weight is 538 g/mol. The molecular formula is C31H23ClN2OPS+. The molecular weight excluding hydrogens is 515 g/mol. The van der Waals surface area contributed by atoms with Crippen LogP contribution < -0.4 is 21.5 Å². The first-order valence-corrected chi connectivity index (χ1v) is 15.2. The molecule has 6 heteroatoms. The van der Waals surface area contributed by atoms with E-state index in [0.717, 1.165) is 17.0 Å². The monoisotopic (exact) mass is 537 g/mol. The maximum absolute atomic E-state index is 13.5. The van der Waals surface area contributed by atoms with E-state index in [1.807, 2.05) is 29.6 Å². The van der Waals surface area contributed by atoms with E-state index in [4.69, 9.17) is 16.6 Å². The van der Waals surface area contributed by atoms with Gasteiger partial charge >= 0.3 is 0 Å². The van der Waals surface area contributed by atoms with Crippen LogP contribution in [0.3, 0.4) is 0 Å². The fourth-order valence-electron chi connectivity index (χ4n) is 4.88. The summed E-state index contributed by atoms with van der Waals surface area (Å²) in [7, 11) is -2.15. The highest BCUT2D eigenvalue weighted by molar-refractivity contribution is 7.95. The third-order valence-electron chi connectivity index (χ3n) is 6.59. The summed E-state index contributed by atoms with van der Waals surface area (Å²) in [6.45, 7) is 0. The van der Waals surface area contributed by atoms with E-state index in [2.05, 4.69) is 91.0 Å². The average Bonchev–Trinajstić information content (AvgIpc) is 3.38. The van der Waals surface area contributed by atoms with Gasteiger partial charge in [-0.15, -0.1) is 11.3 Å². The number of hydrogen-bond donors (Lipinski definition) is 0. The standard InChI is InChI=1S/C31H23ClN2OPS/c32-24-18-16-23(17-19-24)29-22-37-31-33-25(20-30(35)34(29)31)21-36(26-10-4-1-5-11-26,27-12-6-2-7-13-27)28-14-8-3-9-15-28/h1-20,22H,21H2/q+1. The molecule has 0 saturated heterocycles. The summed E-state index contributed by atoms with van der Waals surface area (Å²) >= 11 is 7.57. The van der Waals surface area contributed by atoms with Crippen LogP contribution in [0.1, 0.15) is 5.69 Å². The number of nitrogens with zero attached hydrogens (tertiary/aromatic N) is 2. The number of benzene rings is 4. The van der Waals surface area contributed by atoms with Crippen molar-refractivity contribution in [1.82, 2.24) is 9.38 Å². The van der Waals surface area contributed by atoms with Gasteiger partial charge in [-0.3, -0.25) is 9.20 Å². The summed E-state index contributed by atoms with van der Waals surface area (Å²) in [5.41, 5.74) is 2.50. The predicted molar refractivity (Wildman–Crippen MR) is 159 cm³/mol. The molecule has 6 aromatic rings. The lowest BCUT2D eigenvalue weighted by Gasteiger charge is -2.27. The highest BCUT2D eigenvalue weighted by Gasteiger charge is 2.46. The normalized spacial score (nSPS) is 11.6. The van der Waals surface area contributed by atoms with Crippen LogP contribution in [0.15, 0.2) is 132 Å². The van der Waals surface area contributed by atoms with Gasteiger partial charge in [0.1, 0.15) is 29.3 Å². The van der Waals surface area contributed by atoms with Crippen molar-refractivity contribution in [3.8, 4) is 11.3 Å². The Balaban J connectivity index is 1.54. The van der Waals surface area contributed by atoms with Gasteiger partial charge in [-0.05, 0) is 54.1 Å². The number of hydrogen-bond acceptors (Lipinski definition) is 3. The third kappa shape index (κ3) is 4.42. The van der Waals surface area contributed by atoms with Crippen LogP contribution in [0.5, 0.6) is 0 Å². The molecule has 6 rings (SSSR count). The van der Waals surface area contributed by atoms with Gasteiger partial charge in [-0.2, -0.15) is 0 Å². The van der Waals surface area contributed by atoms with Gasteiger partial charge in [0.2, 0.25) is 0 Å². The molecule has 0 N–H and O–H groups in total. The van der Waals surface area contributed by atoms with Gasteiger partial charge in [0, 0.05) is 16.5 Å². The molecule has 0 fully saturated rings. The molecule has 0 spiro atoms. The van der Waals surface area contributed by atoms with Crippen LogP contribution in [0.4, 0.5) is 0 Å². The Bertz CT molecular complexity index is 1620. The number of thiazole rings is 1. The van der Waals surface area contributed by atoms with E-state index in [-0.39, 0.29) is 5.56 Å². The fraction of sp³-hybridized carbons (Fsp3) is 0.0323. The molecule has 0 unspecified atom stereocenters. The van der Waals surface area contributed by atoms with Gasteiger partial charge in [0.25, 0.3) is 5.56 Å². The van der Waals surface area contributed by atoms with E-state index < -0.39 is 7.26 Å². The van der Waals surface area contributed by atoms with Crippen LogP contribution in [-0.2, 0) is 6.16 Å². The number of halogens is 1. The summed E-state index contributed by atoms with van der Waals surface area (Å²) < 4.78 is 1.70. The quantitative estimate of drug-likeness (QED) is 0.225. The lowest BCUT2D eigenvalue weighted by Crippen LogP contribution is -2.33. The molecule has 0 aliphatic heterocycles. The van der Waals surface area contributed by atoms with E-state index in [1.165, 1.54) is 27.3 Å². The first-order valence-electron chi connectivity index (χ1n) is 12.0. The van der Waals surface area contributed by atoms with Crippen LogP contribution in [0.25, 0.3) is 16.2 Å². The zero-order valence-electron chi connectivity index (χ0n) is 19.9. The second-order valence-electron chi connectivity index (χ2n) is 8.81. The molecule has 2 heterocycles.